The van der Waals surface area contributed by atoms with Crippen molar-refractivity contribution in [3.05, 3.63) is 95.2 Å². The van der Waals surface area contributed by atoms with Crippen LogP contribution in [0, 0.1) is 6.92 Å². The molecule has 0 fully saturated rings. The van der Waals surface area contributed by atoms with Gasteiger partial charge in [-0.1, -0.05) is 60.2 Å². The summed E-state index contributed by atoms with van der Waals surface area (Å²) in [6.07, 6.45) is 3.68. The summed E-state index contributed by atoms with van der Waals surface area (Å²) < 4.78 is 0. The highest BCUT2D eigenvalue weighted by Gasteiger charge is 2.06. The van der Waals surface area contributed by atoms with E-state index in [0.717, 1.165) is 30.8 Å². The Bertz CT molecular complexity index is 860. The van der Waals surface area contributed by atoms with Crippen LogP contribution in [0.15, 0.2) is 72.9 Å². The predicted molar refractivity (Wildman–Crippen MR) is 110 cm³/mol. The number of hydrogen-bond acceptors (Lipinski definition) is 3. The zero-order valence-corrected chi connectivity index (χ0v) is 15.6. The number of amides is 1. The van der Waals surface area contributed by atoms with Gasteiger partial charge in [0.2, 0.25) is 0 Å². The topological polar surface area (TPSA) is 54.0 Å². The fourth-order valence-corrected chi connectivity index (χ4v) is 2.89. The molecule has 27 heavy (non-hydrogen) atoms. The highest BCUT2D eigenvalue weighted by atomic mass is 16.1. The fraction of sp³-hybridized carbons (Fsp3) is 0.217. The minimum atomic E-state index is -0.111. The lowest BCUT2D eigenvalue weighted by Crippen LogP contribution is -2.23. The summed E-state index contributed by atoms with van der Waals surface area (Å²) in [6, 6.07) is 22.2. The van der Waals surface area contributed by atoms with Crippen molar-refractivity contribution in [3.63, 3.8) is 0 Å². The Kier molecular flexibility index (Phi) is 6.58. The molecule has 4 heteroatoms. The van der Waals surface area contributed by atoms with Crippen molar-refractivity contribution >= 4 is 11.7 Å². The number of aryl methyl sites for hydroxylation is 2. The van der Waals surface area contributed by atoms with Gasteiger partial charge in [-0.3, -0.25) is 4.79 Å². The molecule has 1 heterocycles. The molecule has 0 aliphatic rings. The molecule has 0 atom stereocenters. The minimum Gasteiger partial charge on any atom is -0.370 e. The first-order valence-corrected chi connectivity index (χ1v) is 9.28. The largest absolute Gasteiger partial charge is 0.370 e. The molecule has 3 rings (SSSR count). The molecule has 0 radical (unpaired) electrons. The Morgan fingerprint density at radius 1 is 0.963 bits per heavy atom. The van der Waals surface area contributed by atoms with Crippen LogP contribution in [-0.4, -0.2) is 17.4 Å². The van der Waals surface area contributed by atoms with Crippen molar-refractivity contribution in [3.8, 4) is 0 Å². The number of nitrogens with zero attached hydrogens (tertiary/aromatic N) is 1. The number of anilines is 1. The van der Waals surface area contributed by atoms with Crippen molar-refractivity contribution in [2.45, 2.75) is 26.3 Å². The van der Waals surface area contributed by atoms with E-state index in [0.29, 0.717) is 12.1 Å². The Morgan fingerprint density at radius 3 is 2.52 bits per heavy atom. The summed E-state index contributed by atoms with van der Waals surface area (Å²) in [6.45, 7) is 3.40. The van der Waals surface area contributed by atoms with Crippen molar-refractivity contribution in [1.82, 2.24) is 10.3 Å². The van der Waals surface area contributed by atoms with E-state index < -0.39 is 0 Å². The van der Waals surface area contributed by atoms with Crippen molar-refractivity contribution in [2.75, 3.05) is 11.9 Å². The van der Waals surface area contributed by atoms with Gasteiger partial charge in [-0.2, -0.15) is 0 Å². The van der Waals surface area contributed by atoms with E-state index in [-0.39, 0.29) is 5.91 Å². The molecule has 0 spiro atoms. The lowest BCUT2D eigenvalue weighted by atomic mass is 10.1. The van der Waals surface area contributed by atoms with Crippen LogP contribution in [0.2, 0.25) is 0 Å². The van der Waals surface area contributed by atoms with Crippen molar-refractivity contribution in [1.29, 1.82) is 0 Å². The first kappa shape index (κ1) is 18.6. The van der Waals surface area contributed by atoms with Gasteiger partial charge in [0.15, 0.2) is 0 Å². The third kappa shape index (κ3) is 5.96. The van der Waals surface area contributed by atoms with Gasteiger partial charge in [-0.05, 0) is 43.0 Å². The van der Waals surface area contributed by atoms with Gasteiger partial charge in [-0.15, -0.1) is 0 Å². The van der Waals surface area contributed by atoms with Gasteiger partial charge in [0.05, 0.1) is 5.56 Å². The molecule has 0 unspecified atom stereocenters. The Balaban J connectivity index is 1.43. The van der Waals surface area contributed by atoms with Crippen LogP contribution >= 0.6 is 0 Å². The number of rotatable bonds is 8. The zero-order chi connectivity index (χ0) is 18.9. The fourth-order valence-electron chi connectivity index (χ4n) is 2.89. The highest BCUT2D eigenvalue weighted by Crippen LogP contribution is 2.08. The molecule has 4 nitrogen and oxygen atoms in total. The predicted octanol–water partition coefficient (Wildman–Crippen LogP) is 4.36. The molecule has 3 aromatic rings. The Labute approximate surface area is 160 Å². The second kappa shape index (κ2) is 9.53. The molecule has 0 aliphatic carbocycles. The third-order valence-electron chi connectivity index (χ3n) is 4.35. The van der Waals surface area contributed by atoms with Crippen molar-refractivity contribution in [2.24, 2.45) is 0 Å². The van der Waals surface area contributed by atoms with Gasteiger partial charge in [0, 0.05) is 19.3 Å². The van der Waals surface area contributed by atoms with Crippen LogP contribution in [0.5, 0.6) is 0 Å². The second-order valence-electron chi connectivity index (χ2n) is 6.62. The molecule has 0 aliphatic heterocycles. The third-order valence-corrected chi connectivity index (χ3v) is 4.35. The van der Waals surface area contributed by atoms with E-state index in [9.17, 15) is 4.79 Å². The minimum absolute atomic E-state index is 0.111. The first-order valence-electron chi connectivity index (χ1n) is 9.28. The molecule has 1 aromatic heterocycles. The van der Waals surface area contributed by atoms with Crippen LogP contribution in [0.1, 0.15) is 33.5 Å². The van der Waals surface area contributed by atoms with Crippen LogP contribution in [-0.2, 0) is 13.0 Å². The lowest BCUT2D eigenvalue weighted by molar-refractivity contribution is 0.0950. The molecule has 0 bridgehead atoms. The number of benzene rings is 2. The van der Waals surface area contributed by atoms with Crippen molar-refractivity contribution < 1.29 is 4.79 Å². The quantitative estimate of drug-likeness (QED) is 0.588. The van der Waals surface area contributed by atoms with Gasteiger partial charge in [-0.25, -0.2) is 4.98 Å². The first-order chi connectivity index (χ1) is 13.2. The maximum absolute atomic E-state index is 12.3. The van der Waals surface area contributed by atoms with Crippen LogP contribution < -0.4 is 10.6 Å². The summed E-state index contributed by atoms with van der Waals surface area (Å²) in [7, 11) is 0. The van der Waals surface area contributed by atoms with Gasteiger partial charge in [0.1, 0.15) is 5.82 Å². The van der Waals surface area contributed by atoms with E-state index in [4.69, 9.17) is 0 Å². The van der Waals surface area contributed by atoms with Gasteiger partial charge < -0.3 is 10.6 Å². The van der Waals surface area contributed by atoms with E-state index in [1.165, 1.54) is 11.1 Å². The molecule has 2 aromatic carbocycles. The average Bonchev–Trinajstić information content (AvgIpc) is 2.71. The molecule has 2 N–H and O–H groups in total. The molecular weight excluding hydrogens is 334 g/mol. The normalized spacial score (nSPS) is 10.4. The smallest absolute Gasteiger partial charge is 0.253 e. The summed E-state index contributed by atoms with van der Waals surface area (Å²) in [5.74, 6) is 0.679. The maximum atomic E-state index is 12.3. The lowest BCUT2D eigenvalue weighted by Gasteiger charge is -2.08. The highest BCUT2D eigenvalue weighted by molar-refractivity contribution is 5.94. The molecule has 0 saturated carbocycles. The van der Waals surface area contributed by atoms with Gasteiger partial charge >= 0.3 is 0 Å². The van der Waals surface area contributed by atoms with Crippen LogP contribution in [0.4, 0.5) is 5.82 Å². The molecular formula is C23H25N3O. The number of nitrogens with one attached hydrogen (secondary N) is 2. The summed E-state index contributed by atoms with van der Waals surface area (Å²) in [4.78, 5) is 16.6. The molecule has 0 saturated heterocycles. The van der Waals surface area contributed by atoms with E-state index in [1.807, 2.05) is 37.3 Å². The number of pyridine rings is 1. The monoisotopic (exact) mass is 359 g/mol. The second-order valence-corrected chi connectivity index (χ2v) is 6.62. The maximum Gasteiger partial charge on any atom is 0.253 e. The Morgan fingerprint density at radius 2 is 1.78 bits per heavy atom. The summed E-state index contributed by atoms with van der Waals surface area (Å²) >= 11 is 0. The average molecular weight is 359 g/mol. The van der Waals surface area contributed by atoms with Gasteiger partial charge in [0.25, 0.3) is 5.91 Å². The summed E-state index contributed by atoms with van der Waals surface area (Å²) in [5, 5.41) is 6.24. The SMILES string of the molecule is Cc1cccc(CNC(=O)c2ccc(NCCCc3ccccc3)nc2)c1. The van der Waals surface area contributed by atoms with Crippen LogP contribution in [0.3, 0.4) is 0 Å². The van der Waals surface area contributed by atoms with Crippen LogP contribution in [0.25, 0.3) is 0 Å². The Hall–Kier alpha value is -3.14. The molecule has 138 valence electrons. The number of carbonyl (C=O) groups excluding carboxylic acids is 1. The number of aromatic nitrogens is 1. The molecule has 1 amide bonds. The van der Waals surface area contributed by atoms with E-state index in [2.05, 4.69) is 45.9 Å². The van der Waals surface area contributed by atoms with E-state index >= 15 is 0 Å². The number of carbonyl (C=O) groups is 1. The zero-order valence-electron chi connectivity index (χ0n) is 15.6. The van der Waals surface area contributed by atoms with E-state index in [1.54, 1.807) is 12.3 Å². The summed E-state index contributed by atoms with van der Waals surface area (Å²) in [5.41, 5.74) is 4.18. The standard InChI is InChI=1S/C23H25N3O/c1-18-7-5-10-20(15-18)16-26-23(27)21-12-13-22(25-17-21)24-14-6-11-19-8-3-2-4-9-19/h2-5,7-10,12-13,15,17H,6,11,14,16H2,1H3,(H,24,25)(H,26,27). The number of hydrogen-bond donors (Lipinski definition) is 2.